The second-order valence-corrected chi connectivity index (χ2v) is 7.42. The summed E-state index contributed by atoms with van der Waals surface area (Å²) in [6, 6.07) is 10.2. The highest BCUT2D eigenvalue weighted by atomic mass is 127. The summed E-state index contributed by atoms with van der Waals surface area (Å²) in [4.78, 5) is 14.3. The van der Waals surface area contributed by atoms with Gasteiger partial charge in [0.15, 0.2) is 5.96 Å². The molecule has 2 heterocycles. The van der Waals surface area contributed by atoms with Crippen LogP contribution in [0.4, 0.5) is 0 Å². The van der Waals surface area contributed by atoms with Crippen LogP contribution in [0.5, 0.6) is 0 Å². The van der Waals surface area contributed by atoms with Gasteiger partial charge >= 0.3 is 0 Å². The lowest BCUT2D eigenvalue weighted by atomic mass is 10.0. The molecule has 1 fully saturated rings. The topological polar surface area (TPSA) is 74.8 Å². The zero-order valence-corrected chi connectivity index (χ0v) is 20.3. The van der Waals surface area contributed by atoms with E-state index in [2.05, 4.69) is 37.3 Å². The highest BCUT2D eigenvalue weighted by Gasteiger charge is 2.13. The third kappa shape index (κ3) is 7.88. The number of guanidine groups is 1. The Labute approximate surface area is 196 Å². The summed E-state index contributed by atoms with van der Waals surface area (Å²) in [5, 5.41) is 3.40. The van der Waals surface area contributed by atoms with Crippen LogP contribution in [0.15, 0.2) is 41.5 Å². The van der Waals surface area contributed by atoms with Gasteiger partial charge in [0.25, 0.3) is 0 Å². The summed E-state index contributed by atoms with van der Waals surface area (Å²) < 4.78 is 11.2. The van der Waals surface area contributed by atoms with Crippen molar-refractivity contribution in [1.82, 2.24) is 20.2 Å². The minimum absolute atomic E-state index is 0. The Morgan fingerprint density at radius 2 is 2.07 bits per heavy atom. The maximum absolute atomic E-state index is 5.83. The van der Waals surface area contributed by atoms with Gasteiger partial charge in [-0.25, -0.2) is 4.98 Å². The van der Waals surface area contributed by atoms with Crippen LogP contribution < -0.4 is 5.32 Å². The number of hydrogen-bond donors (Lipinski definition) is 2. The number of aromatic nitrogens is 2. The fraction of sp³-hybridized carbons (Fsp3) is 0.545. The van der Waals surface area contributed by atoms with Gasteiger partial charge in [0.1, 0.15) is 5.82 Å². The van der Waals surface area contributed by atoms with Crippen LogP contribution in [-0.4, -0.2) is 67.9 Å². The van der Waals surface area contributed by atoms with Crippen molar-refractivity contribution in [2.45, 2.75) is 25.8 Å². The lowest BCUT2D eigenvalue weighted by molar-refractivity contribution is 0.0203. The van der Waals surface area contributed by atoms with Gasteiger partial charge in [-0.15, -0.1) is 24.0 Å². The predicted octanol–water partition coefficient (Wildman–Crippen LogP) is 3.54. The van der Waals surface area contributed by atoms with Crippen LogP contribution in [0.25, 0.3) is 11.3 Å². The van der Waals surface area contributed by atoms with E-state index in [9.17, 15) is 0 Å². The third-order valence-electron chi connectivity index (χ3n) is 5.12. The van der Waals surface area contributed by atoms with E-state index in [-0.39, 0.29) is 24.0 Å². The molecule has 0 amide bonds. The fourth-order valence-electron chi connectivity index (χ4n) is 3.43. The van der Waals surface area contributed by atoms with E-state index in [0.717, 1.165) is 75.3 Å². The Morgan fingerprint density at radius 1 is 1.30 bits per heavy atom. The summed E-state index contributed by atoms with van der Waals surface area (Å²) in [5.41, 5.74) is 2.16. The van der Waals surface area contributed by atoms with Gasteiger partial charge in [0, 0.05) is 47.1 Å². The molecule has 166 valence electrons. The first kappa shape index (κ1) is 24.6. The van der Waals surface area contributed by atoms with E-state index in [1.54, 1.807) is 7.05 Å². The Hall–Kier alpha value is -1.65. The second-order valence-electron chi connectivity index (χ2n) is 7.42. The van der Waals surface area contributed by atoms with Crippen LogP contribution in [-0.2, 0) is 16.0 Å². The molecule has 0 saturated carbocycles. The smallest absolute Gasteiger partial charge is 0.193 e. The predicted molar refractivity (Wildman–Crippen MR) is 131 cm³/mol. The van der Waals surface area contributed by atoms with Gasteiger partial charge in [0.05, 0.1) is 18.4 Å². The number of aliphatic imine (C=N–C) groups is 1. The SMILES string of the molecule is CN=C(NCCCOCC1CCOCC1)N(C)Cc1ncc(-c2ccccc2)[nH]1.I. The molecule has 3 rings (SSSR count). The monoisotopic (exact) mass is 527 g/mol. The van der Waals surface area contributed by atoms with Crippen molar-refractivity contribution in [3.8, 4) is 11.3 Å². The number of imidazole rings is 1. The van der Waals surface area contributed by atoms with E-state index in [0.29, 0.717) is 12.5 Å². The van der Waals surface area contributed by atoms with Gasteiger partial charge in [-0.1, -0.05) is 30.3 Å². The molecular formula is C22H34IN5O2. The molecule has 0 spiro atoms. The number of ether oxygens (including phenoxy) is 2. The van der Waals surface area contributed by atoms with Gasteiger partial charge in [0.2, 0.25) is 0 Å². The van der Waals surface area contributed by atoms with Crippen LogP contribution in [0.2, 0.25) is 0 Å². The number of H-pyrrole nitrogens is 1. The number of aromatic amines is 1. The lowest BCUT2D eigenvalue weighted by Crippen LogP contribution is -2.39. The molecule has 2 N–H and O–H groups in total. The Morgan fingerprint density at radius 3 is 2.80 bits per heavy atom. The summed E-state index contributed by atoms with van der Waals surface area (Å²) in [6.45, 7) is 4.86. The number of rotatable bonds is 9. The van der Waals surface area contributed by atoms with Crippen molar-refractivity contribution >= 4 is 29.9 Å². The quantitative estimate of drug-likeness (QED) is 0.226. The highest BCUT2D eigenvalue weighted by Crippen LogP contribution is 2.16. The molecule has 7 nitrogen and oxygen atoms in total. The molecule has 1 aromatic carbocycles. The van der Waals surface area contributed by atoms with E-state index in [1.165, 1.54) is 0 Å². The normalized spacial score (nSPS) is 14.9. The minimum atomic E-state index is 0. The molecule has 1 aliphatic rings. The number of hydrogen-bond acceptors (Lipinski definition) is 4. The maximum Gasteiger partial charge on any atom is 0.193 e. The van der Waals surface area contributed by atoms with Gasteiger partial charge < -0.3 is 24.7 Å². The van der Waals surface area contributed by atoms with Crippen molar-refractivity contribution in [2.24, 2.45) is 10.9 Å². The van der Waals surface area contributed by atoms with E-state index < -0.39 is 0 Å². The van der Waals surface area contributed by atoms with Crippen LogP contribution >= 0.6 is 24.0 Å². The number of nitrogens with one attached hydrogen (secondary N) is 2. The Kier molecular flexibility index (Phi) is 11.2. The molecule has 1 saturated heterocycles. The zero-order valence-electron chi connectivity index (χ0n) is 18.0. The molecule has 0 radical (unpaired) electrons. The number of nitrogens with zero attached hydrogens (tertiary/aromatic N) is 3. The molecule has 1 aromatic heterocycles. The van der Waals surface area contributed by atoms with Gasteiger partial charge in [-0.3, -0.25) is 4.99 Å². The fourth-order valence-corrected chi connectivity index (χ4v) is 3.43. The molecule has 8 heteroatoms. The summed E-state index contributed by atoms with van der Waals surface area (Å²) in [6.07, 6.45) is 5.07. The van der Waals surface area contributed by atoms with Crippen molar-refractivity contribution in [3.63, 3.8) is 0 Å². The summed E-state index contributed by atoms with van der Waals surface area (Å²) >= 11 is 0. The van der Waals surface area contributed by atoms with Crippen LogP contribution in [0, 0.1) is 5.92 Å². The van der Waals surface area contributed by atoms with Crippen molar-refractivity contribution in [1.29, 1.82) is 0 Å². The first-order valence-electron chi connectivity index (χ1n) is 10.4. The second kappa shape index (κ2) is 13.6. The van der Waals surface area contributed by atoms with Crippen LogP contribution in [0.1, 0.15) is 25.1 Å². The first-order valence-corrected chi connectivity index (χ1v) is 10.4. The largest absolute Gasteiger partial charge is 0.381 e. The Balaban J connectivity index is 0.00000320. The van der Waals surface area contributed by atoms with Crippen LogP contribution in [0.3, 0.4) is 0 Å². The number of halogens is 1. The molecular weight excluding hydrogens is 493 g/mol. The molecule has 2 aromatic rings. The van der Waals surface area contributed by atoms with Gasteiger partial charge in [-0.05, 0) is 30.7 Å². The van der Waals surface area contributed by atoms with E-state index in [1.807, 2.05) is 31.4 Å². The lowest BCUT2D eigenvalue weighted by Gasteiger charge is -2.22. The molecule has 0 aliphatic carbocycles. The molecule has 0 unspecified atom stereocenters. The van der Waals surface area contributed by atoms with E-state index in [4.69, 9.17) is 9.47 Å². The standard InChI is InChI=1S/C22H33N5O2.HI/c1-23-22(24-11-6-12-29-17-18-9-13-28-14-10-18)27(2)16-21-25-15-20(26-21)19-7-4-3-5-8-19;/h3-5,7-8,15,18H,6,9-14,16-17H2,1-2H3,(H,23,24)(H,25,26);1H. The average molecular weight is 527 g/mol. The third-order valence-corrected chi connectivity index (χ3v) is 5.12. The number of benzene rings is 1. The molecule has 1 aliphatic heterocycles. The van der Waals surface area contributed by atoms with E-state index >= 15 is 0 Å². The highest BCUT2D eigenvalue weighted by molar-refractivity contribution is 14.0. The van der Waals surface area contributed by atoms with Crippen molar-refractivity contribution in [2.75, 3.05) is 47.1 Å². The van der Waals surface area contributed by atoms with Crippen molar-refractivity contribution in [3.05, 3.63) is 42.4 Å². The molecule has 0 atom stereocenters. The van der Waals surface area contributed by atoms with Gasteiger partial charge in [-0.2, -0.15) is 0 Å². The zero-order chi connectivity index (χ0) is 20.3. The Bertz CT molecular complexity index is 747. The first-order chi connectivity index (χ1) is 14.3. The molecule has 30 heavy (non-hydrogen) atoms. The average Bonchev–Trinajstić information content (AvgIpc) is 3.23. The maximum atomic E-state index is 5.83. The molecule has 0 bridgehead atoms. The summed E-state index contributed by atoms with van der Waals surface area (Å²) in [7, 11) is 3.82. The minimum Gasteiger partial charge on any atom is -0.381 e. The summed E-state index contributed by atoms with van der Waals surface area (Å²) in [5.74, 6) is 2.42. The van der Waals surface area contributed by atoms with Crippen molar-refractivity contribution < 1.29 is 9.47 Å².